The highest BCUT2D eigenvalue weighted by atomic mass is 127. The van der Waals surface area contributed by atoms with Crippen molar-refractivity contribution in [1.29, 1.82) is 0 Å². The molecule has 0 amide bonds. The molecule has 7 heteroatoms. The highest BCUT2D eigenvalue weighted by Gasteiger charge is 2.16. The molecule has 0 fully saturated rings. The summed E-state index contributed by atoms with van der Waals surface area (Å²) >= 11 is 5.40. The van der Waals surface area contributed by atoms with E-state index in [1.54, 1.807) is 18.2 Å². The van der Waals surface area contributed by atoms with Crippen LogP contribution in [-0.2, 0) is 10.0 Å². The van der Waals surface area contributed by atoms with Gasteiger partial charge >= 0.3 is 0 Å². The fourth-order valence-corrected chi connectivity index (χ4v) is 4.05. The van der Waals surface area contributed by atoms with Gasteiger partial charge in [-0.25, -0.2) is 12.8 Å². The Labute approximate surface area is 132 Å². The number of anilines is 1. The van der Waals surface area contributed by atoms with E-state index in [0.717, 1.165) is 9.64 Å². The summed E-state index contributed by atoms with van der Waals surface area (Å²) in [5, 5.41) is 0. The third-order valence-corrected chi connectivity index (χ3v) is 4.97. The van der Waals surface area contributed by atoms with Crippen LogP contribution in [-0.4, -0.2) is 8.42 Å². The van der Waals surface area contributed by atoms with Crippen LogP contribution in [0.2, 0.25) is 0 Å². The molecule has 1 N–H and O–H groups in total. The smallest absolute Gasteiger partial charge is 0.262 e. The lowest BCUT2D eigenvalue weighted by atomic mass is 10.3. The number of hydrogen-bond donors (Lipinski definition) is 1. The van der Waals surface area contributed by atoms with Crippen molar-refractivity contribution in [2.45, 2.75) is 4.90 Å². The van der Waals surface area contributed by atoms with Gasteiger partial charge in [0.2, 0.25) is 0 Å². The first-order chi connectivity index (χ1) is 8.88. The predicted molar refractivity (Wildman–Crippen MR) is 84.1 cm³/mol. The number of sulfonamides is 1. The normalized spacial score (nSPS) is 11.3. The van der Waals surface area contributed by atoms with Crippen LogP contribution in [0.3, 0.4) is 0 Å². The van der Waals surface area contributed by atoms with Crippen LogP contribution in [0.25, 0.3) is 0 Å². The summed E-state index contributed by atoms with van der Waals surface area (Å²) in [6, 6.07) is 10.1. The predicted octanol–water partition coefficient (Wildman–Crippen LogP) is 3.99. The first-order valence-electron chi connectivity index (χ1n) is 5.12. The van der Waals surface area contributed by atoms with Crippen LogP contribution in [0.15, 0.2) is 51.8 Å². The monoisotopic (exact) mass is 455 g/mol. The van der Waals surface area contributed by atoms with E-state index in [4.69, 9.17) is 0 Å². The van der Waals surface area contributed by atoms with Gasteiger partial charge in [0.15, 0.2) is 0 Å². The fraction of sp³-hybridized carbons (Fsp3) is 0. The Kier molecular flexibility index (Phi) is 4.46. The summed E-state index contributed by atoms with van der Waals surface area (Å²) in [4.78, 5) is -0.113. The number of benzene rings is 2. The van der Waals surface area contributed by atoms with Crippen LogP contribution < -0.4 is 4.72 Å². The van der Waals surface area contributed by atoms with Gasteiger partial charge in [-0.1, -0.05) is 6.07 Å². The topological polar surface area (TPSA) is 46.2 Å². The number of nitrogens with one attached hydrogen (secondary N) is 1. The Morgan fingerprint density at radius 3 is 2.53 bits per heavy atom. The molecule has 100 valence electrons. The van der Waals surface area contributed by atoms with E-state index in [0.29, 0.717) is 10.2 Å². The van der Waals surface area contributed by atoms with Gasteiger partial charge in [0.25, 0.3) is 10.0 Å². The maximum Gasteiger partial charge on any atom is 0.262 e. The van der Waals surface area contributed by atoms with Crippen LogP contribution >= 0.6 is 38.5 Å². The Bertz CT molecular complexity index is 721. The third-order valence-electron chi connectivity index (χ3n) is 2.28. The van der Waals surface area contributed by atoms with E-state index in [-0.39, 0.29) is 4.90 Å². The average Bonchev–Trinajstić information content (AvgIpc) is 2.33. The molecule has 0 unspecified atom stereocenters. The molecule has 0 heterocycles. The van der Waals surface area contributed by atoms with Gasteiger partial charge in [0, 0.05) is 8.04 Å². The zero-order valence-electron chi connectivity index (χ0n) is 9.40. The Morgan fingerprint density at radius 2 is 1.89 bits per heavy atom. The SMILES string of the molecule is O=S(=O)(Nc1ccc(I)cc1Br)c1cccc(F)c1. The molecule has 0 aliphatic rings. The zero-order valence-corrected chi connectivity index (χ0v) is 14.0. The van der Waals surface area contributed by atoms with Crippen molar-refractivity contribution in [1.82, 2.24) is 0 Å². The lowest BCUT2D eigenvalue weighted by molar-refractivity contribution is 0.595. The Hall–Kier alpha value is -0.670. The van der Waals surface area contributed by atoms with Crippen LogP contribution in [0.5, 0.6) is 0 Å². The zero-order chi connectivity index (χ0) is 14.0. The van der Waals surface area contributed by atoms with Gasteiger partial charge in [-0.15, -0.1) is 0 Å². The fourth-order valence-electron chi connectivity index (χ4n) is 1.41. The molecule has 2 aromatic carbocycles. The van der Waals surface area contributed by atoms with E-state index in [1.807, 2.05) is 0 Å². The van der Waals surface area contributed by atoms with E-state index in [2.05, 4.69) is 43.2 Å². The van der Waals surface area contributed by atoms with Crippen molar-refractivity contribution >= 4 is 54.2 Å². The highest BCUT2D eigenvalue weighted by Crippen LogP contribution is 2.26. The van der Waals surface area contributed by atoms with Gasteiger partial charge in [0.05, 0.1) is 10.6 Å². The average molecular weight is 456 g/mol. The molecule has 0 aliphatic heterocycles. The molecule has 19 heavy (non-hydrogen) atoms. The number of halogens is 3. The first-order valence-corrected chi connectivity index (χ1v) is 8.47. The number of hydrogen-bond acceptors (Lipinski definition) is 2. The van der Waals surface area contributed by atoms with Crippen LogP contribution in [0.1, 0.15) is 0 Å². The molecule has 0 atom stereocenters. The first kappa shape index (κ1) is 14.7. The summed E-state index contributed by atoms with van der Waals surface area (Å²) in [5.74, 6) is -0.593. The summed E-state index contributed by atoms with van der Waals surface area (Å²) in [5.41, 5.74) is 0.407. The quantitative estimate of drug-likeness (QED) is 0.711. The molecular formula is C12H8BrFINO2S. The van der Waals surface area contributed by atoms with Gasteiger partial charge in [0.1, 0.15) is 5.82 Å². The summed E-state index contributed by atoms with van der Waals surface area (Å²) in [6.07, 6.45) is 0. The molecular weight excluding hydrogens is 448 g/mol. The maximum atomic E-state index is 13.1. The lowest BCUT2D eigenvalue weighted by Gasteiger charge is -2.10. The van der Waals surface area contributed by atoms with Gasteiger partial charge < -0.3 is 0 Å². The molecule has 3 nitrogen and oxygen atoms in total. The molecule has 0 aliphatic carbocycles. The van der Waals surface area contributed by atoms with Crippen molar-refractivity contribution in [2.24, 2.45) is 0 Å². The van der Waals surface area contributed by atoms with Crippen molar-refractivity contribution in [3.05, 3.63) is 56.3 Å². The molecule has 0 saturated heterocycles. The van der Waals surface area contributed by atoms with Gasteiger partial charge in [-0.05, 0) is 74.9 Å². The summed E-state index contributed by atoms with van der Waals surface area (Å²) in [6.45, 7) is 0. The molecule has 0 aromatic heterocycles. The van der Waals surface area contributed by atoms with Gasteiger partial charge in [-0.3, -0.25) is 4.72 Å². The minimum atomic E-state index is -3.79. The van der Waals surface area contributed by atoms with E-state index >= 15 is 0 Å². The second kappa shape index (κ2) is 5.76. The molecule has 2 aromatic rings. The van der Waals surface area contributed by atoms with E-state index < -0.39 is 15.8 Å². The molecule has 0 spiro atoms. The Morgan fingerprint density at radius 1 is 1.16 bits per heavy atom. The standard InChI is InChI=1S/C12H8BrFINO2S/c13-11-7-9(15)4-5-12(11)16-19(17,18)10-3-1-2-8(14)6-10/h1-7,16H. The minimum Gasteiger partial charge on any atom is -0.278 e. The molecule has 2 rings (SSSR count). The van der Waals surface area contributed by atoms with E-state index in [1.165, 1.54) is 18.2 Å². The second-order valence-corrected chi connectivity index (χ2v) is 7.47. The van der Waals surface area contributed by atoms with E-state index in [9.17, 15) is 12.8 Å². The maximum absolute atomic E-state index is 13.1. The van der Waals surface area contributed by atoms with Gasteiger partial charge in [-0.2, -0.15) is 0 Å². The van der Waals surface area contributed by atoms with Crippen molar-refractivity contribution < 1.29 is 12.8 Å². The summed E-state index contributed by atoms with van der Waals surface area (Å²) in [7, 11) is -3.79. The Balaban J connectivity index is 2.36. The largest absolute Gasteiger partial charge is 0.278 e. The minimum absolute atomic E-state index is 0.113. The lowest BCUT2D eigenvalue weighted by Crippen LogP contribution is -2.13. The van der Waals surface area contributed by atoms with Crippen molar-refractivity contribution in [3.8, 4) is 0 Å². The summed E-state index contributed by atoms with van der Waals surface area (Å²) < 4.78 is 41.3. The number of rotatable bonds is 3. The molecule has 0 bridgehead atoms. The van der Waals surface area contributed by atoms with Crippen LogP contribution in [0.4, 0.5) is 10.1 Å². The van der Waals surface area contributed by atoms with Crippen molar-refractivity contribution in [3.63, 3.8) is 0 Å². The molecule has 0 saturated carbocycles. The highest BCUT2D eigenvalue weighted by molar-refractivity contribution is 14.1. The molecule has 0 radical (unpaired) electrons. The van der Waals surface area contributed by atoms with Crippen LogP contribution in [0, 0.1) is 9.39 Å². The van der Waals surface area contributed by atoms with Crippen molar-refractivity contribution in [2.75, 3.05) is 4.72 Å². The second-order valence-electron chi connectivity index (χ2n) is 3.69. The third kappa shape index (κ3) is 3.67.